The smallest absolute Gasteiger partial charge is 0.106 e. The second-order valence-corrected chi connectivity index (χ2v) is 10.6. The Hall–Kier alpha value is -0.820. The lowest BCUT2D eigenvalue weighted by Gasteiger charge is -2.14. The van der Waals surface area contributed by atoms with Gasteiger partial charge in [0, 0.05) is 50.8 Å². The lowest BCUT2D eigenvalue weighted by atomic mass is 10.1. The van der Waals surface area contributed by atoms with E-state index >= 15 is 0 Å². The first-order valence-corrected chi connectivity index (χ1v) is 15.8. The molecule has 6 heteroatoms. The Morgan fingerprint density at radius 3 is 2.14 bits per heavy atom. The molecule has 0 heterocycles. The molecule has 4 nitrogen and oxygen atoms in total. The van der Waals surface area contributed by atoms with Crippen LogP contribution in [0, 0.1) is 0 Å². The number of hydrogen-bond acceptors (Lipinski definition) is 5. The minimum Gasteiger partial charge on any atom is -0.385 e. The first-order chi connectivity index (χ1) is 17.2. The van der Waals surface area contributed by atoms with Crippen molar-refractivity contribution < 1.29 is 9.47 Å². The number of nitrogens with one attached hydrogen (secondary N) is 2. The summed E-state index contributed by atoms with van der Waals surface area (Å²) >= 11 is 7.47. The molecule has 1 rings (SSSR count). The van der Waals surface area contributed by atoms with Gasteiger partial charge in [-0.05, 0) is 62.2 Å². The van der Waals surface area contributed by atoms with Crippen LogP contribution in [-0.4, -0.2) is 56.5 Å². The minimum absolute atomic E-state index is 0.799. The molecule has 202 valence electrons. The highest BCUT2D eigenvalue weighted by molar-refractivity contribution is 7.98. The molecular formula is C29H52N2O2S2. The second kappa shape index (κ2) is 23.6. The van der Waals surface area contributed by atoms with Crippen molar-refractivity contribution in [1.29, 1.82) is 0 Å². The first-order valence-electron chi connectivity index (χ1n) is 14.0. The Kier molecular flexibility index (Phi) is 21.7. The van der Waals surface area contributed by atoms with Crippen LogP contribution in [0.5, 0.6) is 0 Å². The van der Waals surface area contributed by atoms with Crippen molar-refractivity contribution >= 4 is 34.7 Å². The van der Waals surface area contributed by atoms with Crippen LogP contribution in [0.4, 0.5) is 5.69 Å². The zero-order chi connectivity index (χ0) is 25.4. The quantitative estimate of drug-likeness (QED) is 0.107. The Morgan fingerprint density at radius 2 is 1.46 bits per heavy atom. The molecule has 0 aromatic heterocycles. The van der Waals surface area contributed by atoms with E-state index in [1.807, 2.05) is 11.8 Å². The van der Waals surface area contributed by atoms with E-state index in [1.165, 1.54) is 56.2 Å². The molecule has 0 aliphatic heterocycles. The lowest BCUT2D eigenvalue weighted by molar-refractivity contribution is 0.0799. The molecule has 0 saturated heterocycles. The van der Waals surface area contributed by atoms with E-state index in [2.05, 4.69) is 48.9 Å². The van der Waals surface area contributed by atoms with Gasteiger partial charge in [0.2, 0.25) is 0 Å². The summed E-state index contributed by atoms with van der Waals surface area (Å²) in [6.07, 6.45) is 16.8. The van der Waals surface area contributed by atoms with Gasteiger partial charge < -0.3 is 20.1 Å². The number of thiocarbonyl (C=S) groups is 1. The molecule has 35 heavy (non-hydrogen) atoms. The third-order valence-electron chi connectivity index (χ3n) is 6.06. The highest BCUT2D eigenvalue weighted by atomic mass is 32.2. The largest absolute Gasteiger partial charge is 0.385 e. The van der Waals surface area contributed by atoms with E-state index in [4.69, 9.17) is 21.7 Å². The zero-order valence-corrected chi connectivity index (χ0v) is 24.4. The van der Waals surface area contributed by atoms with Gasteiger partial charge in [-0.3, -0.25) is 0 Å². The van der Waals surface area contributed by atoms with E-state index in [-0.39, 0.29) is 0 Å². The van der Waals surface area contributed by atoms with Gasteiger partial charge in [0.25, 0.3) is 0 Å². The van der Waals surface area contributed by atoms with Gasteiger partial charge >= 0.3 is 0 Å². The van der Waals surface area contributed by atoms with E-state index in [1.54, 1.807) is 0 Å². The Bertz CT molecular complexity index is 643. The topological polar surface area (TPSA) is 42.5 Å². The summed E-state index contributed by atoms with van der Waals surface area (Å²) in [5.41, 5.74) is 3.64. The highest BCUT2D eigenvalue weighted by Gasteiger charge is 2.06. The molecule has 0 fully saturated rings. The third-order valence-corrected chi connectivity index (χ3v) is 7.14. The third kappa shape index (κ3) is 17.3. The van der Waals surface area contributed by atoms with Gasteiger partial charge in [-0.1, -0.05) is 76.7 Å². The molecule has 0 aliphatic carbocycles. The van der Waals surface area contributed by atoms with Gasteiger partial charge in [-0.25, -0.2) is 0 Å². The number of benzene rings is 1. The number of ether oxygens (including phenoxy) is 2. The molecular weight excluding hydrogens is 472 g/mol. The zero-order valence-electron chi connectivity index (χ0n) is 22.8. The molecule has 0 amide bonds. The molecule has 0 spiro atoms. The maximum absolute atomic E-state index is 5.78. The average Bonchev–Trinajstić information content (AvgIpc) is 2.88. The highest BCUT2D eigenvalue weighted by Crippen LogP contribution is 2.19. The van der Waals surface area contributed by atoms with Crippen LogP contribution in [0.3, 0.4) is 0 Å². The van der Waals surface area contributed by atoms with Gasteiger partial charge in [0.05, 0.1) is 0 Å². The number of hydrogen-bond donors (Lipinski definition) is 2. The SMILES string of the molecule is CCCCCCCCCOCCCOCCCCNc1cc(C(=S)NCCCSC)ccc1CC. The van der Waals surface area contributed by atoms with Crippen molar-refractivity contribution in [3.05, 3.63) is 29.3 Å². The van der Waals surface area contributed by atoms with Gasteiger partial charge in [0.1, 0.15) is 4.99 Å². The van der Waals surface area contributed by atoms with Crippen molar-refractivity contribution in [2.75, 3.05) is 56.8 Å². The van der Waals surface area contributed by atoms with Crippen molar-refractivity contribution in [2.45, 2.75) is 90.9 Å². The average molecular weight is 525 g/mol. The first kappa shape index (κ1) is 32.2. The Balaban J connectivity index is 2.06. The second-order valence-electron chi connectivity index (χ2n) is 9.16. The summed E-state index contributed by atoms with van der Waals surface area (Å²) in [4.78, 5) is 0.844. The minimum atomic E-state index is 0.799. The predicted octanol–water partition coefficient (Wildman–Crippen LogP) is 7.63. The molecule has 1 aromatic rings. The number of rotatable bonds is 24. The van der Waals surface area contributed by atoms with Crippen LogP contribution < -0.4 is 10.6 Å². The van der Waals surface area contributed by atoms with E-state index in [9.17, 15) is 0 Å². The molecule has 0 bridgehead atoms. The number of aryl methyl sites for hydroxylation is 1. The van der Waals surface area contributed by atoms with Gasteiger partial charge in [-0.2, -0.15) is 11.8 Å². The van der Waals surface area contributed by atoms with Crippen LogP contribution in [0.15, 0.2) is 18.2 Å². The summed E-state index contributed by atoms with van der Waals surface area (Å²) < 4.78 is 11.5. The summed E-state index contributed by atoms with van der Waals surface area (Å²) in [5, 5.41) is 7.01. The van der Waals surface area contributed by atoms with Crippen molar-refractivity contribution in [2.24, 2.45) is 0 Å². The number of thioether (sulfide) groups is 1. The van der Waals surface area contributed by atoms with Crippen LogP contribution >= 0.6 is 24.0 Å². The van der Waals surface area contributed by atoms with Crippen LogP contribution in [0.2, 0.25) is 0 Å². The van der Waals surface area contributed by atoms with Crippen LogP contribution in [-0.2, 0) is 15.9 Å². The normalized spacial score (nSPS) is 11.1. The number of unbranched alkanes of at least 4 members (excludes halogenated alkanes) is 7. The molecule has 0 aliphatic rings. The Labute approximate surface area is 226 Å². The molecule has 1 aromatic carbocycles. The summed E-state index contributed by atoms with van der Waals surface area (Å²) in [7, 11) is 0. The van der Waals surface area contributed by atoms with Crippen LogP contribution in [0.25, 0.3) is 0 Å². The summed E-state index contributed by atoms with van der Waals surface area (Å²) in [6, 6.07) is 6.54. The predicted molar refractivity (Wildman–Crippen MR) is 160 cm³/mol. The fourth-order valence-electron chi connectivity index (χ4n) is 3.89. The Morgan fingerprint density at radius 1 is 0.800 bits per heavy atom. The molecule has 0 unspecified atom stereocenters. The van der Waals surface area contributed by atoms with Gasteiger partial charge in [-0.15, -0.1) is 0 Å². The van der Waals surface area contributed by atoms with E-state index in [0.29, 0.717) is 0 Å². The van der Waals surface area contributed by atoms with E-state index < -0.39 is 0 Å². The monoisotopic (exact) mass is 524 g/mol. The summed E-state index contributed by atoms with van der Waals surface area (Å²) in [5.74, 6) is 1.16. The lowest BCUT2D eigenvalue weighted by Crippen LogP contribution is -2.24. The fourth-order valence-corrected chi connectivity index (χ4v) is 4.55. The van der Waals surface area contributed by atoms with Crippen molar-refractivity contribution in [3.63, 3.8) is 0 Å². The van der Waals surface area contributed by atoms with Gasteiger partial charge in [0.15, 0.2) is 0 Å². The molecule has 2 N–H and O–H groups in total. The van der Waals surface area contributed by atoms with Crippen LogP contribution in [0.1, 0.15) is 95.6 Å². The van der Waals surface area contributed by atoms with Crippen molar-refractivity contribution in [3.8, 4) is 0 Å². The molecule has 0 atom stereocenters. The molecule has 0 radical (unpaired) electrons. The van der Waals surface area contributed by atoms with E-state index in [0.717, 1.165) is 87.9 Å². The standard InChI is InChI=1S/C29H52N2O2S2/c1-4-6-7-8-9-10-12-20-32-22-15-23-33-21-13-11-18-30-28-25-27(17-16-26(28)5-2)29(34)31-19-14-24-35-3/h16-17,25,30H,4-15,18-24H2,1-3H3,(H,31,34). The number of anilines is 1. The molecule has 0 saturated carbocycles. The van der Waals surface area contributed by atoms with Crippen molar-refractivity contribution in [1.82, 2.24) is 5.32 Å². The maximum Gasteiger partial charge on any atom is 0.106 e. The maximum atomic E-state index is 5.78. The fraction of sp³-hybridized carbons (Fsp3) is 0.759. The summed E-state index contributed by atoms with van der Waals surface area (Å²) in [6.45, 7) is 9.70.